The van der Waals surface area contributed by atoms with Crippen molar-refractivity contribution in [2.24, 2.45) is 7.05 Å². The molecule has 0 amide bonds. The minimum atomic E-state index is -3.72. The fourth-order valence-corrected chi connectivity index (χ4v) is 4.51. The molecule has 5 rings (SSSR count). The third kappa shape index (κ3) is 3.15. The van der Waals surface area contributed by atoms with Gasteiger partial charge in [-0.2, -0.15) is 15.3 Å². The molecule has 0 N–H and O–H groups in total. The van der Waals surface area contributed by atoms with Crippen molar-refractivity contribution in [1.29, 1.82) is 0 Å². The molecule has 0 saturated heterocycles. The van der Waals surface area contributed by atoms with Gasteiger partial charge in [0.2, 0.25) is 9.84 Å². The predicted octanol–water partition coefficient (Wildman–Crippen LogP) is 1.54. The fraction of sp³-hybridized carbons (Fsp3) is 0.263. The van der Waals surface area contributed by atoms with E-state index in [1.165, 1.54) is 35.3 Å². The highest BCUT2D eigenvalue weighted by molar-refractivity contribution is 7.91. The van der Waals surface area contributed by atoms with Crippen LogP contribution in [0.2, 0.25) is 0 Å². The molecular weight excluding hydrogens is 392 g/mol. The van der Waals surface area contributed by atoms with Crippen molar-refractivity contribution >= 4 is 20.6 Å². The Bertz CT molecular complexity index is 1390. The lowest BCUT2D eigenvalue weighted by molar-refractivity contribution is 0.595. The molecule has 1 saturated carbocycles. The van der Waals surface area contributed by atoms with Gasteiger partial charge in [0, 0.05) is 24.8 Å². The van der Waals surface area contributed by atoms with Crippen molar-refractivity contribution in [3.63, 3.8) is 0 Å². The highest BCUT2D eigenvalue weighted by Gasteiger charge is 2.27. The highest BCUT2D eigenvalue weighted by atomic mass is 32.2. The minimum Gasteiger partial charge on any atom is -0.275 e. The Labute approximate surface area is 166 Å². The van der Waals surface area contributed by atoms with Crippen molar-refractivity contribution in [2.45, 2.75) is 35.2 Å². The molecule has 1 aliphatic rings. The lowest BCUT2D eigenvalue weighted by Gasteiger charge is -2.07. The van der Waals surface area contributed by atoms with Crippen LogP contribution in [0.25, 0.3) is 10.8 Å². The van der Waals surface area contributed by atoms with E-state index in [0.717, 1.165) is 12.8 Å². The molecule has 0 aliphatic heterocycles. The van der Waals surface area contributed by atoms with Crippen molar-refractivity contribution in [2.75, 3.05) is 0 Å². The number of rotatable bonds is 5. The number of aryl methyl sites for hydroxylation is 1. The Morgan fingerprint density at radius 2 is 1.93 bits per heavy atom. The lowest BCUT2D eigenvalue weighted by atomic mass is 10.2. The topological polar surface area (TPSA) is 105 Å². The predicted molar refractivity (Wildman–Crippen MR) is 104 cm³/mol. The Morgan fingerprint density at radius 1 is 1.10 bits per heavy atom. The van der Waals surface area contributed by atoms with Crippen molar-refractivity contribution in [3.8, 4) is 0 Å². The monoisotopic (exact) mass is 410 g/mol. The summed E-state index contributed by atoms with van der Waals surface area (Å²) in [4.78, 5) is 13.0. The number of hydrogen-bond donors (Lipinski definition) is 0. The number of benzene rings is 1. The number of sulfone groups is 1. The smallest absolute Gasteiger partial charge is 0.274 e. The van der Waals surface area contributed by atoms with Crippen molar-refractivity contribution in [3.05, 3.63) is 65.1 Å². The summed E-state index contributed by atoms with van der Waals surface area (Å²) in [5, 5.41) is 13.5. The minimum absolute atomic E-state index is 0.115. The molecule has 1 aromatic carbocycles. The first kappa shape index (κ1) is 17.8. The van der Waals surface area contributed by atoms with E-state index in [0.29, 0.717) is 22.5 Å². The second-order valence-corrected chi connectivity index (χ2v) is 9.18. The first-order chi connectivity index (χ1) is 13.9. The maximum atomic E-state index is 13.0. The second-order valence-electron chi connectivity index (χ2n) is 7.23. The molecule has 29 heavy (non-hydrogen) atoms. The van der Waals surface area contributed by atoms with Gasteiger partial charge in [0.15, 0.2) is 0 Å². The number of nitrogens with zero attached hydrogens (tertiary/aromatic N) is 6. The van der Waals surface area contributed by atoms with Gasteiger partial charge in [-0.1, -0.05) is 0 Å². The lowest BCUT2D eigenvalue weighted by Crippen LogP contribution is -2.23. The zero-order chi connectivity index (χ0) is 20.2. The van der Waals surface area contributed by atoms with Crippen LogP contribution in [0.3, 0.4) is 0 Å². The molecule has 0 spiro atoms. The van der Waals surface area contributed by atoms with Crippen LogP contribution in [0.1, 0.15) is 24.6 Å². The zero-order valence-electron chi connectivity index (χ0n) is 15.6. The molecule has 0 unspecified atom stereocenters. The summed E-state index contributed by atoms with van der Waals surface area (Å²) in [5.74, 6) is 0. The number of aromatic nitrogens is 6. The molecule has 9 nitrogen and oxygen atoms in total. The van der Waals surface area contributed by atoms with Gasteiger partial charge in [0.1, 0.15) is 4.90 Å². The summed E-state index contributed by atoms with van der Waals surface area (Å²) < 4.78 is 30.6. The first-order valence-electron chi connectivity index (χ1n) is 9.19. The fourth-order valence-electron chi connectivity index (χ4n) is 3.28. The molecule has 3 aromatic heterocycles. The van der Waals surface area contributed by atoms with E-state index in [2.05, 4.69) is 15.3 Å². The summed E-state index contributed by atoms with van der Waals surface area (Å²) in [6.07, 6.45) is 8.29. The van der Waals surface area contributed by atoms with Gasteiger partial charge in [-0.15, -0.1) is 0 Å². The molecular formula is C19H18N6O3S. The van der Waals surface area contributed by atoms with Gasteiger partial charge >= 0.3 is 0 Å². The average Bonchev–Trinajstić information content (AvgIpc) is 3.28. The number of hydrogen-bond acceptors (Lipinski definition) is 6. The van der Waals surface area contributed by atoms with E-state index in [9.17, 15) is 13.2 Å². The third-order valence-corrected chi connectivity index (χ3v) is 6.73. The summed E-state index contributed by atoms with van der Waals surface area (Å²) >= 11 is 0. The largest absolute Gasteiger partial charge is 0.275 e. The molecule has 148 valence electrons. The maximum absolute atomic E-state index is 13.0. The van der Waals surface area contributed by atoms with Crippen molar-refractivity contribution < 1.29 is 8.42 Å². The zero-order valence-corrected chi connectivity index (χ0v) is 16.5. The van der Waals surface area contributed by atoms with E-state index >= 15 is 0 Å². The number of fused-ring (bicyclic) bond motifs is 1. The average molecular weight is 410 g/mol. The van der Waals surface area contributed by atoms with Gasteiger partial charge < -0.3 is 0 Å². The molecule has 0 bridgehead atoms. The van der Waals surface area contributed by atoms with E-state index < -0.39 is 9.84 Å². The van der Waals surface area contributed by atoms with Crippen molar-refractivity contribution in [1.82, 2.24) is 29.3 Å². The van der Waals surface area contributed by atoms with Crippen LogP contribution in [0.15, 0.2) is 63.6 Å². The molecule has 1 aliphatic carbocycles. The van der Waals surface area contributed by atoms with Crippen LogP contribution in [0.4, 0.5) is 0 Å². The van der Waals surface area contributed by atoms with Gasteiger partial charge in [0.25, 0.3) is 5.56 Å². The van der Waals surface area contributed by atoms with Crippen LogP contribution in [0, 0.1) is 0 Å². The SMILES string of the molecule is Cn1ccc(Cn2ncc3cc(S(=O)(=O)c4cnn(C5CC5)c4)ccc3c2=O)n1. The Morgan fingerprint density at radius 3 is 2.66 bits per heavy atom. The van der Waals surface area contributed by atoms with Gasteiger partial charge in [-0.05, 0) is 37.1 Å². The highest BCUT2D eigenvalue weighted by Crippen LogP contribution is 2.35. The summed E-state index contributed by atoms with van der Waals surface area (Å²) in [5.41, 5.74) is 0.423. The van der Waals surface area contributed by atoms with E-state index in [4.69, 9.17) is 0 Å². The molecule has 3 heterocycles. The third-order valence-electron chi connectivity index (χ3n) is 5.02. The molecule has 0 atom stereocenters. The normalized spacial score (nSPS) is 14.5. The molecule has 10 heteroatoms. The van der Waals surface area contributed by atoms with Gasteiger partial charge in [0.05, 0.1) is 41.0 Å². The van der Waals surface area contributed by atoms with E-state index in [1.807, 2.05) is 6.07 Å². The Balaban J connectivity index is 1.51. The van der Waals surface area contributed by atoms with Crippen LogP contribution in [0.5, 0.6) is 0 Å². The molecule has 4 aromatic rings. The Hall–Kier alpha value is -3.27. The summed E-state index contributed by atoms with van der Waals surface area (Å²) in [6.45, 7) is 0.246. The first-order valence-corrected chi connectivity index (χ1v) is 10.7. The molecule has 0 radical (unpaired) electrons. The van der Waals surface area contributed by atoms with Crippen LogP contribution >= 0.6 is 0 Å². The Kier molecular flexibility index (Phi) is 3.91. The quantitative estimate of drug-likeness (QED) is 0.494. The van der Waals surface area contributed by atoms with E-state index in [1.54, 1.807) is 28.8 Å². The summed E-state index contributed by atoms with van der Waals surface area (Å²) in [6, 6.07) is 6.59. The van der Waals surface area contributed by atoms with Gasteiger partial charge in [-0.3, -0.25) is 14.2 Å². The maximum Gasteiger partial charge on any atom is 0.274 e. The van der Waals surface area contributed by atoms with E-state index in [-0.39, 0.29) is 21.9 Å². The second kappa shape index (κ2) is 6.38. The van der Waals surface area contributed by atoms with Crippen LogP contribution in [-0.4, -0.2) is 37.8 Å². The van der Waals surface area contributed by atoms with Crippen LogP contribution < -0.4 is 5.56 Å². The standard InChI is InChI=1S/C19H18N6O3S/c1-23-7-6-14(22-23)11-25-19(26)18-5-4-16(8-13(18)9-20-25)29(27,28)17-10-21-24(12-17)15-2-3-15/h4-10,12,15H,2-3,11H2,1H3. The van der Waals surface area contributed by atoms with Gasteiger partial charge in [-0.25, -0.2) is 13.1 Å². The molecule has 1 fully saturated rings. The van der Waals surface area contributed by atoms with Crippen LogP contribution in [-0.2, 0) is 23.4 Å². The summed E-state index contributed by atoms with van der Waals surface area (Å²) in [7, 11) is -1.91.